The molecule has 0 N–H and O–H groups in total. The first-order chi connectivity index (χ1) is 15.7. The average molecular weight is 492 g/mol. The Morgan fingerprint density at radius 3 is 2.21 bits per heavy atom. The molecule has 2 aromatic carbocycles. The number of carbonyl (C=O) groups is 2. The Morgan fingerprint density at radius 2 is 1.61 bits per heavy atom. The molecule has 0 unspecified atom stereocenters. The number of piperazine rings is 1. The van der Waals surface area contributed by atoms with Crippen molar-refractivity contribution < 1.29 is 22.4 Å². The minimum absolute atomic E-state index is 0.0646. The average Bonchev–Trinajstić information content (AvgIpc) is 3.16. The summed E-state index contributed by atoms with van der Waals surface area (Å²) in [6, 6.07) is 10.7. The van der Waals surface area contributed by atoms with Crippen LogP contribution in [0.15, 0.2) is 48.5 Å². The third kappa shape index (κ3) is 5.20. The molecule has 0 saturated carbocycles. The van der Waals surface area contributed by atoms with Crippen LogP contribution in [0.5, 0.6) is 0 Å². The number of anilines is 1. The maximum atomic E-state index is 13.2. The summed E-state index contributed by atoms with van der Waals surface area (Å²) in [4.78, 5) is 28.4. The third-order valence-corrected chi connectivity index (χ3v) is 7.92. The van der Waals surface area contributed by atoms with E-state index in [9.17, 15) is 22.4 Å². The highest BCUT2D eigenvalue weighted by Crippen LogP contribution is 2.24. The molecule has 2 heterocycles. The van der Waals surface area contributed by atoms with E-state index in [-0.39, 0.29) is 28.2 Å². The van der Waals surface area contributed by atoms with Crippen molar-refractivity contribution in [1.29, 1.82) is 0 Å². The second-order valence-corrected chi connectivity index (χ2v) is 10.3. The second-order valence-electron chi connectivity index (χ2n) is 7.91. The molecular weight excluding hydrogens is 469 g/mol. The van der Waals surface area contributed by atoms with Crippen molar-refractivity contribution in [1.82, 2.24) is 9.80 Å². The van der Waals surface area contributed by atoms with Gasteiger partial charge in [-0.15, -0.1) is 0 Å². The number of nitrogens with zero attached hydrogens (tertiary/aromatic N) is 3. The van der Waals surface area contributed by atoms with E-state index in [0.29, 0.717) is 44.8 Å². The van der Waals surface area contributed by atoms with Crippen LogP contribution >= 0.6 is 11.6 Å². The second kappa shape index (κ2) is 9.52. The van der Waals surface area contributed by atoms with Crippen LogP contribution in [0.1, 0.15) is 22.3 Å². The fraction of sp³-hybridized carbons (Fsp3) is 0.304. The van der Waals surface area contributed by atoms with E-state index in [0.717, 1.165) is 11.6 Å². The summed E-state index contributed by atoms with van der Waals surface area (Å²) in [7, 11) is -3.22. The Bertz CT molecular complexity index is 1190. The normalized spacial score (nSPS) is 18.2. The van der Waals surface area contributed by atoms with Gasteiger partial charge in [0.05, 0.1) is 22.0 Å². The molecular formula is C23H23ClFN3O4S. The molecule has 33 heavy (non-hydrogen) atoms. The minimum atomic E-state index is -3.22. The standard InChI is InChI=1S/C23H23ClFN3O4S/c24-21-16-18(25)5-8-20(21)23(30)27-13-11-26(12-14-27)22(29)9-4-17-2-6-19(7-3-17)28-10-1-15-33(28,31)32/h2-9,16H,1,10-15H2/b9-4+. The Hall–Kier alpha value is -2.91. The molecule has 0 bridgehead atoms. The summed E-state index contributed by atoms with van der Waals surface area (Å²) < 4.78 is 38.7. The van der Waals surface area contributed by atoms with E-state index in [1.165, 1.54) is 22.5 Å². The number of rotatable bonds is 4. The van der Waals surface area contributed by atoms with E-state index in [1.807, 2.05) is 0 Å². The number of carbonyl (C=O) groups excluding carboxylic acids is 2. The molecule has 2 aliphatic heterocycles. The number of sulfonamides is 1. The molecule has 2 aliphatic rings. The molecule has 4 rings (SSSR count). The molecule has 0 aliphatic carbocycles. The van der Waals surface area contributed by atoms with Crippen molar-refractivity contribution in [3.63, 3.8) is 0 Å². The van der Waals surface area contributed by atoms with E-state index in [2.05, 4.69) is 0 Å². The molecule has 2 saturated heterocycles. The van der Waals surface area contributed by atoms with Crippen LogP contribution in [0.25, 0.3) is 6.08 Å². The Morgan fingerprint density at radius 1 is 0.939 bits per heavy atom. The van der Waals surface area contributed by atoms with Crippen molar-refractivity contribution >= 4 is 45.2 Å². The highest BCUT2D eigenvalue weighted by Gasteiger charge is 2.28. The van der Waals surface area contributed by atoms with Gasteiger partial charge in [0, 0.05) is 38.8 Å². The van der Waals surface area contributed by atoms with E-state index < -0.39 is 15.8 Å². The summed E-state index contributed by atoms with van der Waals surface area (Å²) in [5.41, 5.74) is 1.64. The largest absolute Gasteiger partial charge is 0.336 e. The zero-order valence-electron chi connectivity index (χ0n) is 17.8. The first kappa shape index (κ1) is 23.3. The summed E-state index contributed by atoms with van der Waals surface area (Å²) in [6.45, 7) is 1.94. The Labute approximate surface area is 197 Å². The number of hydrogen-bond acceptors (Lipinski definition) is 4. The molecule has 2 aromatic rings. The summed E-state index contributed by atoms with van der Waals surface area (Å²) in [5.74, 6) is -0.802. The lowest BCUT2D eigenvalue weighted by Gasteiger charge is -2.34. The predicted molar refractivity (Wildman–Crippen MR) is 125 cm³/mol. The van der Waals surface area contributed by atoms with Crippen LogP contribution in [0.2, 0.25) is 5.02 Å². The van der Waals surface area contributed by atoms with Crippen LogP contribution in [0, 0.1) is 5.82 Å². The monoisotopic (exact) mass is 491 g/mol. The molecule has 7 nitrogen and oxygen atoms in total. The van der Waals surface area contributed by atoms with Gasteiger partial charge in [0.2, 0.25) is 15.9 Å². The zero-order chi connectivity index (χ0) is 23.6. The van der Waals surface area contributed by atoms with Crippen LogP contribution in [0.4, 0.5) is 10.1 Å². The van der Waals surface area contributed by atoms with Crippen LogP contribution in [-0.4, -0.2) is 68.5 Å². The minimum Gasteiger partial charge on any atom is -0.336 e. The molecule has 10 heteroatoms. The Balaban J connectivity index is 1.32. The van der Waals surface area contributed by atoms with E-state index in [1.54, 1.807) is 40.1 Å². The summed E-state index contributed by atoms with van der Waals surface area (Å²) >= 11 is 5.99. The van der Waals surface area contributed by atoms with Crippen LogP contribution < -0.4 is 4.31 Å². The first-order valence-corrected chi connectivity index (χ1v) is 12.5. The van der Waals surface area contributed by atoms with Gasteiger partial charge < -0.3 is 9.80 Å². The topological polar surface area (TPSA) is 78.0 Å². The zero-order valence-corrected chi connectivity index (χ0v) is 19.4. The maximum Gasteiger partial charge on any atom is 0.255 e. The van der Waals surface area contributed by atoms with Gasteiger partial charge in [-0.2, -0.15) is 0 Å². The Kier molecular flexibility index (Phi) is 6.71. The quantitative estimate of drug-likeness (QED) is 0.616. The molecule has 0 aromatic heterocycles. The van der Waals surface area contributed by atoms with Crippen molar-refractivity contribution in [2.45, 2.75) is 6.42 Å². The number of amides is 2. The molecule has 0 atom stereocenters. The van der Waals surface area contributed by atoms with E-state index in [4.69, 9.17) is 11.6 Å². The van der Waals surface area contributed by atoms with Crippen LogP contribution in [0.3, 0.4) is 0 Å². The van der Waals surface area contributed by atoms with Gasteiger partial charge in [0.25, 0.3) is 5.91 Å². The highest BCUT2D eigenvalue weighted by atomic mass is 35.5. The molecule has 2 amide bonds. The number of hydrogen-bond donors (Lipinski definition) is 0. The maximum absolute atomic E-state index is 13.2. The lowest BCUT2D eigenvalue weighted by atomic mass is 10.1. The smallest absolute Gasteiger partial charge is 0.255 e. The summed E-state index contributed by atoms with van der Waals surface area (Å²) in [6.07, 6.45) is 3.77. The lowest BCUT2D eigenvalue weighted by Crippen LogP contribution is -2.50. The van der Waals surface area contributed by atoms with Crippen molar-refractivity contribution in [3.05, 3.63) is 70.5 Å². The lowest BCUT2D eigenvalue weighted by molar-refractivity contribution is -0.127. The van der Waals surface area contributed by atoms with Gasteiger partial charge in [-0.3, -0.25) is 13.9 Å². The fourth-order valence-electron chi connectivity index (χ4n) is 3.92. The summed E-state index contributed by atoms with van der Waals surface area (Å²) in [5, 5.41) is 0.0646. The van der Waals surface area contributed by atoms with Crippen molar-refractivity contribution in [2.75, 3.05) is 42.8 Å². The highest BCUT2D eigenvalue weighted by molar-refractivity contribution is 7.93. The van der Waals surface area contributed by atoms with Gasteiger partial charge >= 0.3 is 0 Å². The number of halogens is 2. The predicted octanol–water partition coefficient (Wildman–Crippen LogP) is 3.02. The SMILES string of the molecule is O=C(/C=C/c1ccc(N2CCCS2(=O)=O)cc1)N1CCN(C(=O)c2ccc(F)cc2Cl)CC1. The molecule has 174 valence electrons. The van der Waals surface area contributed by atoms with Gasteiger partial charge in [-0.25, -0.2) is 12.8 Å². The first-order valence-electron chi connectivity index (χ1n) is 10.6. The van der Waals surface area contributed by atoms with Gasteiger partial charge in [-0.05, 0) is 48.4 Å². The van der Waals surface area contributed by atoms with Crippen molar-refractivity contribution in [3.8, 4) is 0 Å². The van der Waals surface area contributed by atoms with Crippen LogP contribution in [-0.2, 0) is 14.8 Å². The molecule has 0 radical (unpaired) electrons. The third-order valence-electron chi connectivity index (χ3n) is 5.74. The van der Waals surface area contributed by atoms with Gasteiger partial charge in [0.15, 0.2) is 0 Å². The van der Waals surface area contributed by atoms with Gasteiger partial charge in [0.1, 0.15) is 5.82 Å². The van der Waals surface area contributed by atoms with Gasteiger partial charge in [-0.1, -0.05) is 23.7 Å². The number of benzene rings is 2. The van der Waals surface area contributed by atoms with E-state index >= 15 is 0 Å². The fourth-order valence-corrected chi connectivity index (χ4v) is 5.73. The molecule has 0 spiro atoms. The molecule has 2 fully saturated rings. The van der Waals surface area contributed by atoms with Crippen molar-refractivity contribution in [2.24, 2.45) is 0 Å².